The van der Waals surface area contributed by atoms with Crippen LogP contribution in [0.1, 0.15) is 36.8 Å². The molecule has 3 rings (SSSR count). The Kier molecular flexibility index (Phi) is 3.34. The van der Waals surface area contributed by atoms with Gasteiger partial charge in [0.25, 0.3) is 0 Å². The van der Waals surface area contributed by atoms with Gasteiger partial charge in [-0.2, -0.15) is 13.2 Å². The van der Waals surface area contributed by atoms with Crippen molar-refractivity contribution in [1.29, 1.82) is 0 Å². The van der Waals surface area contributed by atoms with E-state index >= 15 is 0 Å². The van der Waals surface area contributed by atoms with Crippen LogP contribution in [0.3, 0.4) is 0 Å². The van der Waals surface area contributed by atoms with Crippen LogP contribution in [-0.4, -0.2) is 24.0 Å². The van der Waals surface area contributed by atoms with Gasteiger partial charge in [-0.3, -0.25) is 0 Å². The van der Waals surface area contributed by atoms with Gasteiger partial charge < -0.3 is 5.11 Å². The van der Waals surface area contributed by atoms with Gasteiger partial charge in [0, 0.05) is 0 Å². The first-order chi connectivity index (χ1) is 10.0. The second-order valence-electron chi connectivity index (χ2n) is 6.04. The van der Waals surface area contributed by atoms with Gasteiger partial charge in [0.15, 0.2) is 9.84 Å². The molecule has 1 aromatic carbocycles. The molecule has 0 saturated carbocycles. The van der Waals surface area contributed by atoms with E-state index in [-0.39, 0.29) is 12.8 Å². The largest absolute Gasteiger partial charge is 0.416 e. The maximum atomic E-state index is 13.2. The number of aliphatic hydroxyl groups is 1. The molecule has 0 radical (unpaired) electrons. The molecule has 1 aromatic rings. The van der Waals surface area contributed by atoms with Crippen molar-refractivity contribution in [2.75, 3.05) is 0 Å². The Morgan fingerprint density at radius 2 is 1.68 bits per heavy atom. The summed E-state index contributed by atoms with van der Waals surface area (Å²) in [5, 5.41) is 9.04. The van der Waals surface area contributed by atoms with E-state index < -0.39 is 49.1 Å². The van der Waals surface area contributed by atoms with Crippen LogP contribution in [-0.2, 0) is 21.6 Å². The summed E-state index contributed by atoms with van der Waals surface area (Å²) in [5.41, 5.74) is -3.57. The summed E-state index contributed by atoms with van der Waals surface area (Å²) < 4.78 is 76.6. The molecule has 2 fully saturated rings. The molecule has 2 atom stereocenters. The van der Waals surface area contributed by atoms with Crippen LogP contribution in [0.5, 0.6) is 0 Å². The number of hydrogen-bond donors (Lipinski definition) is 1. The minimum absolute atomic E-state index is 0.277. The number of rotatable bonds is 1. The van der Waals surface area contributed by atoms with Crippen molar-refractivity contribution in [1.82, 2.24) is 0 Å². The zero-order valence-corrected chi connectivity index (χ0v) is 12.2. The van der Waals surface area contributed by atoms with Crippen molar-refractivity contribution in [2.24, 2.45) is 0 Å². The Bertz CT molecular complexity index is 691. The fourth-order valence-corrected chi connectivity index (χ4v) is 6.11. The summed E-state index contributed by atoms with van der Waals surface area (Å²) >= 11 is 0. The Morgan fingerprint density at radius 3 is 2.18 bits per heavy atom. The number of fused-ring (bicyclic) bond motifs is 2. The van der Waals surface area contributed by atoms with Crippen molar-refractivity contribution in [3.05, 3.63) is 35.1 Å². The topological polar surface area (TPSA) is 54.4 Å². The van der Waals surface area contributed by atoms with E-state index in [2.05, 4.69) is 0 Å². The van der Waals surface area contributed by atoms with Gasteiger partial charge >= 0.3 is 6.18 Å². The quantitative estimate of drug-likeness (QED) is 0.801. The fourth-order valence-electron chi connectivity index (χ4n) is 3.62. The lowest BCUT2D eigenvalue weighted by Gasteiger charge is -2.37. The number of hydrogen-bond acceptors (Lipinski definition) is 3. The molecular formula is C14H14F4O3S. The van der Waals surface area contributed by atoms with E-state index in [0.29, 0.717) is 18.9 Å². The first kappa shape index (κ1) is 15.7. The van der Waals surface area contributed by atoms with E-state index in [4.69, 9.17) is 0 Å². The molecular weight excluding hydrogens is 324 g/mol. The Balaban J connectivity index is 2.09. The lowest BCUT2D eigenvalue weighted by atomic mass is 9.83. The molecule has 2 saturated heterocycles. The van der Waals surface area contributed by atoms with Gasteiger partial charge in [0.1, 0.15) is 5.82 Å². The standard InChI is InChI=1S/C14H14F4O3S/c15-8-1-4-11(12(5-8)14(16,17)18)13(19)6-9-2-3-10(7-13)22(9,20)21/h1,4-5,9-10,19H,2-3,6-7H2. The van der Waals surface area contributed by atoms with Crippen LogP contribution in [0.15, 0.2) is 18.2 Å². The summed E-state index contributed by atoms with van der Waals surface area (Å²) in [4.78, 5) is 0. The molecule has 122 valence electrons. The molecule has 0 aliphatic carbocycles. The summed E-state index contributed by atoms with van der Waals surface area (Å²) in [7, 11) is -3.38. The van der Waals surface area contributed by atoms with Gasteiger partial charge in [-0.05, 0) is 43.4 Å². The molecule has 2 heterocycles. The lowest BCUT2D eigenvalue weighted by molar-refractivity contribution is -0.141. The Morgan fingerprint density at radius 1 is 1.14 bits per heavy atom. The van der Waals surface area contributed by atoms with Crippen LogP contribution in [0.4, 0.5) is 17.6 Å². The average molecular weight is 338 g/mol. The molecule has 3 nitrogen and oxygen atoms in total. The number of sulfone groups is 1. The SMILES string of the molecule is O=S1(=O)C2CCC1CC(O)(c1ccc(F)cc1C(F)(F)F)C2. The molecule has 1 N–H and O–H groups in total. The third kappa shape index (κ3) is 2.32. The van der Waals surface area contributed by atoms with E-state index in [9.17, 15) is 31.1 Å². The highest BCUT2D eigenvalue weighted by atomic mass is 32.2. The van der Waals surface area contributed by atoms with Gasteiger partial charge in [0.05, 0.1) is 21.7 Å². The number of benzene rings is 1. The predicted molar refractivity (Wildman–Crippen MR) is 70.3 cm³/mol. The van der Waals surface area contributed by atoms with E-state index in [1.54, 1.807) is 0 Å². The smallest absolute Gasteiger partial charge is 0.385 e. The Hall–Kier alpha value is -1.15. The maximum absolute atomic E-state index is 13.2. The highest BCUT2D eigenvalue weighted by Gasteiger charge is 2.54. The summed E-state index contributed by atoms with van der Waals surface area (Å²) in [6.45, 7) is 0. The van der Waals surface area contributed by atoms with E-state index in [1.165, 1.54) is 0 Å². The first-order valence-electron chi connectivity index (χ1n) is 6.86. The van der Waals surface area contributed by atoms with E-state index in [0.717, 1.165) is 12.1 Å². The third-order valence-electron chi connectivity index (χ3n) is 4.66. The minimum atomic E-state index is -4.82. The molecule has 8 heteroatoms. The summed E-state index contributed by atoms with van der Waals surface area (Å²) in [6.07, 6.45) is -4.68. The minimum Gasteiger partial charge on any atom is -0.385 e. The zero-order valence-electron chi connectivity index (χ0n) is 11.4. The van der Waals surface area contributed by atoms with Gasteiger partial charge in [-0.25, -0.2) is 12.8 Å². The highest BCUT2D eigenvalue weighted by molar-refractivity contribution is 7.93. The van der Waals surface area contributed by atoms with Crippen LogP contribution in [0.2, 0.25) is 0 Å². The van der Waals surface area contributed by atoms with Crippen molar-refractivity contribution in [2.45, 2.75) is 48.0 Å². The normalized spacial score (nSPS) is 33.9. The second-order valence-corrected chi connectivity index (χ2v) is 8.55. The molecule has 2 aliphatic rings. The monoisotopic (exact) mass is 338 g/mol. The molecule has 2 aliphatic heterocycles. The maximum Gasteiger partial charge on any atom is 0.416 e. The molecule has 0 spiro atoms. The van der Waals surface area contributed by atoms with E-state index in [1.807, 2.05) is 0 Å². The number of alkyl halides is 3. The van der Waals surface area contributed by atoms with Gasteiger partial charge in [0.2, 0.25) is 0 Å². The average Bonchev–Trinajstić information content (AvgIpc) is 2.58. The molecule has 22 heavy (non-hydrogen) atoms. The van der Waals surface area contributed by atoms with Crippen LogP contribution in [0, 0.1) is 5.82 Å². The molecule has 0 aromatic heterocycles. The van der Waals surface area contributed by atoms with Crippen LogP contribution in [0.25, 0.3) is 0 Å². The predicted octanol–water partition coefficient (Wildman–Crippen LogP) is 2.77. The molecule has 0 amide bonds. The zero-order chi connectivity index (χ0) is 16.3. The Labute approximate surface area is 124 Å². The summed E-state index contributed by atoms with van der Waals surface area (Å²) in [5.74, 6) is -1.05. The van der Waals surface area contributed by atoms with Crippen LogP contribution >= 0.6 is 0 Å². The number of halogens is 4. The third-order valence-corrected chi connectivity index (χ3v) is 7.32. The fraction of sp³-hybridized carbons (Fsp3) is 0.571. The highest BCUT2D eigenvalue weighted by Crippen LogP contribution is 2.50. The first-order valence-corrected chi connectivity index (χ1v) is 8.47. The second kappa shape index (κ2) is 4.67. The molecule has 2 bridgehead atoms. The lowest BCUT2D eigenvalue weighted by Crippen LogP contribution is -2.44. The van der Waals surface area contributed by atoms with Crippen molar-refractivity contribution in [3.8, 4) is 0 Å². The molecule has 2 unspecified atom stereocenters. The van der Waals surface area contributed by atoms with Gasteiger partial charge in [-0.15, -0.1) is 0 Å². The van der Waals surface area contributed by atoms with Crippen molar-refractivity contribution >= 4 is 9.84 Å². The van der Waals surface area contributed by atoms with Gasteiger partial charge in [-0.1, -0.05) is 6.07 Å². The van der Waals surface area contributed by atoms with Crippen LogP contribution < -0.4 is 0 Å². The summed E-state index contributed by atoms with van der Waals surface area (Å²) in [6, 6.07) is 2.11. The van der Waals surface area contributed by atoms with Crippen molar-refractivity contribution in [3.63, 3.8) is 0 Å². The van der Waals surface area contributed by atoms with Crippen molar-refractivity contribution < 1.29 is 31.1 Å².